The molecule has 11 heteroatoms. The lowest BCUT2D eigenvalue weighted by atomic mass is 9.87. The summed E-state index contributed by atoms with van der Waals surface area (Å²) in [6.07, 6.45) is 1.23. The van der Waals surface area contributed by atoms with Crippen LogP contribution in [-0.4, -0.2) is 68.3 Å². The van der Waals surface area contributed by atoms with Crippen LogP contribution >= 0.6 is 0 Å². The molecule has 1 fully saturated rings. The highest BCUT2D eigenvalue weighted by Gasteiger charge is 2.42. The third kappa shape index (κ3) is 4.72. The molecule has 214 valence electrons. The van der Waals surface area contributed by atoms with Gasteiger partial charge in [0.1, 0.15) is 12.0 Å². The first-order valence-electron chi connectivity index (χ1n) is 13.8. The topological polar surface area (TPSA) is 105 Å². The van der Waals surface area contributed by atoms with Crippen molar-refractivity contribution < 1.29 is 33.0 Å². The lowest BCUT2D eigenvalue weighted by Crippen LogP contribution is -2.43. The quantitative estimate of drug-likeness (QED) is 0.435. The fraction of sp³-hybridized carbons (Fsp3) is 0.400. The first-order chi connectivity index (χ1) is 19.8. The number of amides is 2. The fourth-order valence-electron chi connectivity index (χ4n) is 6.28. The van der Waals surface area contributed by atoms with E-state index in [9.17, 15) is 18.8 Å². The lowest BCUT2D eigenvalue weighted by molar-refractivity contribution is -0.149. The third-order valence-electron chi connectivity index (χ3n) is 8.37. The van der Waals surface area contributed by atoms with Gasteiger partial charge in [-0.05, 0) is 55.0 Å². The number of rotatable bonds is 6. The Balaban J connectivity index is 1.27. The fourth-order valence-corrected chi connectivity index (χ4v) is 6.28. The molecule has 41 heavy (non-hydrogen) atoms. The van der Waals surface area contributed by atoms with Crippen LogP contribution in [0.4, 0.5) is 13.6 Å². The zero-order valence-corrected chi connectivity index (χ0v) is 22.6. The van der Waals surface area contributed by atoms with Crippen molar-refractivity contribution in [2.45, 2.75) is 57.4 Å². The predicted molar refractivity (Wildman–Crippen MR) is 143 cm³/mol. The van der Waals surface area contributed by atoms with Gasteiger partial charge in [-0.3, -0.25) is 4.79 Å². The monoisotopic (exact) mass is 564 g/mol. The van der Waals surface area contributed by atoms with Crippen molar-refractivity contribution in [2.24, 2.45) is 0 Å². The van der Waals surface area contributed by atoms with Gasteiger partial charge in [-0.2, -0.15) is 0 Å². The average Bonchev–Trinajstić information content (AvgIpc) is 3.66. The minimum Gasteiger partial charge on any atom is -0.465 e. The molecular weight excluding hydrogens is 534 g/mol. The van der Waals surface area contributed by atoms with Gasteiger partial charge in [0, 0.05) is 35.8 Å². The van der Waals surface area contributed by atoms with Gasteiger partial charge in [-0.1, -0.05) is 24.3 Å². The summed E-state index contributed by atoms with van der Waals surface area (Å²) in [5.41, 5.74) is 3.62. The molecule has 2 aromatic carbocycles. The van der Waals surface area contributed by atoms with Crippen LogP contribution in [0.3, 0.4) is 0 Å². The van der Waals surface area contributed by atoms with Crippen LogP contribution in [0.2, 0.25) is 0 Å². The average molecular weight is 565 g/mol. The summed E-state index contributed by atoms with van der Waals surface area (Å²) >= 11 is 0. The number of ether oxygens (including phenoxy) is 1. The number of carboxylic acid groups (broad SMARTS) is 1. The second-order valence-electron chi connectivity index (χ2n) is 10.7. The van der Waals surface area contributed by atoms with E-state index in [1.807, 2.05) is 4.57 Å². The van der Waals surface area contributed by atoms with Crippen LogP contribution < -0.4 is 0 Å². The Morgan fingerprint density at radius 3 is 2.66 bits per heavy atom. The Labute approximate surface area is 235 Å². The highest BCUT2D eigenvalue weighted by molar-refractivity contribution is 6.02. The second kappa shape index (κ2) is 10.6. The number of piperidine rings is 1. The maximum absolute atomic E-state index is 15.5. The van der Waals surface area contributed by atoms with E-state index in [-0.39, 0.29) is 37.4 Å². The Kier molecular flexibility index (Phi) is 6.96. The number of nitrogens with zero attached hydrogens (tertiary/aromatic N) is 4. The molecule has 0 radical (unpaired) electrons. The number of imidazole rings is 1. The number of aryl methyl sites for hydroxylation is 1. The number of hydrogen-bond donors (Lipinski definition) is 1. The molecule has 9 nitrogen and oxygen atoms in total. The minimum atomic E-state index is -1.32. The molecule has 4 heterocycles. The summed E-state index contributed by atoms with van der Waals surface area (Å²) in [5.74, 6) is -2.06. The van der Waals surface area contributed by atoms with E-state index in [1.54, 1.807) is 43.6 Å². The number of esters is 1. The molecule has 3 aliphatic heterocycles. The van der Waals surface area contributed by atoms with Crippen molar-refractivity contribution in [1.29, 1.82) is 0 Å². The van der Waals surface area contributed by atoms with E-state index in [1.165, 1.54) is 11.0 Å². The molecule has 0 bridgehead atoms. The molecule has 3 aromatic rings. The molecule has 3 atom stereocenters. The van der Waals surface area contributed by atoms with Crippen molar-refractivity contribution in [3.63, 3.8) is 0 Å². The van der Waals surface area contributed by atoms with Gasteiger partial charge in [0.25, 0.3) is 5.91 Å². The standard InChI is InChI=1S/C30H30F2N4O5/c1-2-41-29(38)27(26-25-4-3-10-35(25)16-33-26)36-14-22-21(28(36)37)12-19(13-23(22)31)17-5-7-18(8-6-17)20-9-11-34(30(39)40)15-24(20)32/h5-8,12-13,16,20,24,27H,2-4,9-11,14-15H2,1H3,(H,39,40). The number of benzene rings is 2. The van der Waals surface area contributed by atoms with Crippen molar-refractivity contribution in [3.05, 3.63) is 76.6 Å². The summed E-state index contributed by atoms with van der Waals surface area (Å²) < 4.78 is 37.5. The van der Waals surface area contributed by atoms with E-state index < -0.39 is 41.9 Å². The van der Waals surface area contributed by atoms with E-state index in [0.717, 1.165) is 35.5 Å². The zero-order chi connectivity index (χ0) is 28.8. The number of carbonyl (C=O) groups is 3. The summed E-state index contributed by atoms with van der Waals surface area (Å²) in [7, 11) is 0. The molecule has 1 aromatic heterocycles. The molecule has 1 N–H and O–H groups in total. The Bertz CT molecular complexity index is 1520. The molecular formula is C30H30F2N4O5. The Morgan fingerprint density at radius 2 is 1.95 bits per heavy atom. The number of aromatic nitrogens is 2. The maximum Gasteiger partial charge on any atom is 0.407 e. The maximum atomic E-state index is 15.5. The van der Waals surface area contributed by atoms with Crippen LogP contribution in [0.5, 0.6) is 0 Å². The van der Waals surface area contributed by atoms with Crippen molar-refractivity contribution in [1.82, 2.24) is 19.4 Å². The van der Waals surface area contributed by atoms with Crippen LogP contribution in [-0.2, 0) is 29.0 Å². The smallest absolute Gasteiger partial charge is 0.407 e. The van der Waals surface area contributed by atoms with Crippen LogP contribution in [0.1, 0.15) is 64.6 Å². The largest absolute Gasteiger partial charge is 0.465 e. The zero-order valence-electron chi connectivity index (χ0n) is 22.6. The predicted octanol–water partition coefficient (Wildman–Crippen LogP) is 4.70. The van der Waals surface area contributed by atoms with E-state index in [2.05, 4.69) is 4.98 Å². The molecule has 2 amide bonds. The summed E-state index contributed by atoms with van der Waals surface area (Å²) in [6, 6.07) is 8.93. The molecule has 0 saturated carbocycles. The third-order valence-corrected chi connectivity index (χ3v) is 8.37. The molecule has 0 aliphatic carbocycles. The minimum absolute atomic E-state index is 0.0814. The summed E-state index contributed by atoms with van der Waals surface area (Å²) in [4.78, 5) is 44.8. The van der Waals surface area contributed by atoms with Crippen molar-refractivity contribution >= 4 is 18.0 Å². The van der Waals surface area contributed by atoms with Gasteiger partial charge < -0.3 is 24.2 Å². The first kappa shape index (κ1) is 26.9. The first-order valence-corrected chi connectivity index (χ1v) is 13.8. The number of alkyl halides is 1. The van der Waals surface area contributed by atoms with Crippen LogP contribution in [0.25, 0.3) is 11.1 Å². The van der Waals surface area contributed by atoms with Crippen LogP contribution in [0, 0.1) is 5.82 Å². The second-order valence-corrected chi connectivity index (χ2v) is 10.7. The van der Waals surface area contributed by atoms with Gasteiger partial charge in [-0.15, -0.1) is 0 Å². The number of carbonyl (C=O) groups excluding carboxylic acids is 2. The number of likely N-dealkylation sites (tertiary alicyclic amines) is 1. The molecule has 6 rings (SSSR count). The lowest BCUT2D eigenvalue weighted by Gasteiger charge is -2.33. The summed E-state index contributed by atoms with van der Waals surface area (Å²) in [6.45, 7) is 2.61. The number of halogens is 2. The highest BCUT2D eigenvalue weighted by atomic mass is 19.1. The van der Waals surface area contributed by atoms with Crippen LogP contribution in [0.15, 0.2) is 42.7 Å². The molecule has 0 spiro atoms. The molecule has 3 aliphatic rings. The van der Waals surface area contributed by atoms with Gasteiger partial charge >= 0.3 is 12.1 Å². The van der Waals surface area contributed by atoms with Gasteiger partial charge in [-0.25, -0.2) is 23.4 Å². The summed E-state index contributed by atoms with van der Waals surface area (Å²) in [5, 5.41) is 9.14. The normalized spacial score (nSPS) is 20.6. The van der Waals surface area contributed by atoms with Crippen molar-refractivity contribution in [2.75, 3.05) is 19.7 Å². The van der Waals surface area contributed by atoms with E-state index in [4.69, 9.17) is 9.84 Å². The van der Waals surface area contributed by atoms with Gasteiger partial charge in [0.2, 0.25) is 0 Å². The Hall–Kier alpha value is -4.28. The van der Waals surface area contributed by atoms with Crippen molar-refractivity contribution in [3.8, 4) is 11.1 Å². The van der Waals surface area contributed by atoms with Gasteiger partial charge in [0.05, 0.1) is 31.7 Å². The number of fused-ring (bicyclic) bond motifs is 2. The Morgan fingerprint density at radius 1 is 1.17 bits per heavy atom. The molecule has 1 saturated heterocycles. The van der Waals surface area contributed by atoms with E-state index in [0.29, 0.717) is 23.2 Å². The highest BCUT2D eigenvalue weighted by Crippen LogP contribution is 2.38. The molecule has 3 unspecified atom stereocenters. The number of hydrogen-bond acceptors (Lipinski definition) is 5. The van der Waals surface area contributed by atoms with Gasteiger partial charge in [0.15, 0.2) is 6.04 Å². The SMILES string of the molecule is CCOC(=O)C(c1ncn2c1CCC2)N1Cc2c(F)cc(-c3ccc(C4CCN(C(=O)O)CC4F)cc3)cc2C1=O. The van der Waals surface area contributed by atoms with E-state index >= 15 is 4.39 Å².